The standard InChI is InChI=1S/C31H31FN2O5.CH2O2/c32-27-8-5-19-13-28(27)39-25-6-7-26-20(17-25)9-11-34(31(37)22-15-23(35)16-22)30(26)21-3-1-4-24(18-21)38-12-2-10-33-29(36)14-19;2-1-3/h1,3-8,13,17-18,22-23,30,35H,2,9-12,14-16H2,(H,33,36);1H,(H,2,3). The molecule has 42 heavy (non-hydrogen) atoms. The molecule has 3 aromatic rings. The molecule has 3 aliphatic heterocycles. The second-order valence-corrected chi connectivity index (χ2v) is 10.6. The minimum atomic E-state index is -0.505. The molecule has 3 aromatic carbocycles. The second-order valence-electron chi connectivity index (χ2n) is 10.6. The van der Waals surface area contributed by atoms with Crippen molar-refractivity contribution in [1.82, 2.24) is 10.2 Å². The lowest BCUT2D eigenvalue weighted by Crippen LogP contribution is -2.47. The number of nitrogens with one attached hydrogen (secondary N) is 1. The van der Waals surface area contributed by atoms with Crippen LogP contribution in [0, 0.1) is 11.7 Å². The summed E-state index contributed by atoms with van der Waals surface area (Å²) in [6.07, 6.45) is 1.94. The van der Waals surface area contributed by atoms with Crippen LogP contribution < -0.4 is 14.8 Å². The van der Waals surface area contributed by atoms with Crippen LogP contribution in [0.4, 0.5) is 4.39 Å². The molecular formula is C32H33FN2O7. The Morgan fingerprint density at radius 1 is 1.07 bits per heavy atom. The average Bonchev–Trinajstić information content (AvgIpc) is 2.96. The van der Waals surface area contributed by atoms with Crippen molar-refractivity contribution in [3.63, 3.8) is 0 Å². The number of ether oxygens (including phenoxy) is 2. The van der Waals surface area contributed by atoms with Crippen molar-refractivity contribution in [2.24, 2.45) is 5.92 Å². The number of carbonyl (C=O) groups is 3. The van der Waals surface area contributed by atoms with Crippen molar-refractivity contribution < 1.29 is 38.5 Å². The van der Waals surface area contributed by atoms with Gasteiger partial charge in [-0.05, 0) is 84.3 Å². The van der Waals surface area contributed by atoms with Gasteiger partial charge in [-0.25, -0.2) is 4.39 Å². The van der Waals surface area contributed by atoms with Gasteiger partial charge in [0.25, 0.3) is 6.47 Å². The molecule has 1 saturated carbocycles. The van der Waals surface area contributed by atoms with Gasteiger partial charge < -0.3 is 29.9 Å². The summed E-state index contributed by atoms with van der Waals surface area (Å²) < 4.78 is 26.6. The van der Waals surface area contributed by atoms with Gasteiger partial charge in [0, 0.05) is 19.0 Å². The van der Waals surface area contributed by atoms with Crippen LogP contribution in [-0.4, -0.2) is 59.2 Å². The molecule has 0 radical (unpaired) electrons. The van der Waals surface area contributed by atoms with E-state index in [0.717, 1.165) is 16.7 Å². The molecule has 1 atom stereocenters. The van der Waals surface area contributed by atoms with E-state index in [1.807, 2.05) is 41.3 Å². The fourth-order valence-corrected chi connectivity index (χ4v) is 5.66. The maximum atomic E-state index is 14.7. The predicted octanol–water partition coefficient (Wildman–Crippen LogP) is 4.01. The number of aliphatic hydroxyl groups excluding tert-OH is 1. The van der Waals surface area contributed by atoms with Gasteiger partial charge in [0.2, 0.25) is 11.8 Å². The van der Waals surface area contributed by atoms with Crippen molar-refractivity contribution >= 4 is 18.3 Å². The first-order valence-electron chi connectivity index (χ1n) is 14.0. The molecule has 0 aromatic heterocycles. The molecular weight excluding hydrogens is 543 g/mol. The minimum absolute atomic E-state index is 0.0515. The van der Waals surface area contributed by atoms with Crippen LogP contribution in [0.3, 0.4) is 0 Å². The Kier molecular flexibility index (Phi) is 9.02. The van der Waals surface area contributed by atoms with Gasteiger partial charge in [0.1, 0.15) is 11.5 Å². The Labute approximate surface area is 242 Å². The summed E-state index contributed by atoms with van der Waals surface area (Å²) in [5, 5.41) is 19.6. The molecule has 7 rings (SSSR count). The van der Waals surface area contributed by atoms with Gasteiger partial charge in [0.15, 0.2) is 11.6 Å². The van der Waals surface area contributed by atoms with E-state index in [-0.39, 0.29) is 42.4 Å². The van der Waals surface area contributed by atoms with E-state index in [0.29, 0.717) is 62.4 Å². The number of fused-ring (bicyclic) bond motifs is 7. The van der Waals surface area contributed by atoms with Crippen molar-refractivity contribution in [3.8, 4) is 17.2 Å². The van der Waals surface area contributed by atoms with Crippen LogP contribution in [0.2, 0.25) is 0 Å². The van der Waals surface area contributed by atoms with Gasteiger partial charge >= 0.3 is 0 Å². The summed E-state index contributed by atoms with van der Waals surface area (Å²) in [6.45, 7) is 1.15. The van der Waals surface area contributed by atoms with Crippen LogP contribution in [0.1, 0.15) is 47.6 Å². The van der Waals surface area contributed by atoms with Crippen LogP contribution >= 0.6 is 0 Å². The van der Waals surface area contributed by atoms with Crippen molar-refractivity contribution in [2.45, 2.75) is 44.2 Å². The van der Waals surface area contributed by atoms with Crippen molar-refractivity contribution in [1.29, 1.82) is 0 Å². The van der Waals surface area contributed by atoms with Gasteiger partial charge in [-0.1, -0.05) is 24.3 Å². The summed E-state index contributed by atoms with van der Waals surface area (Å²) >= 11 is 0. The Hall–Kier alpha value is -4.44. The lowest BCUT2D eigenvalue weighted by molar-refractivity contribution is -0.144. The number of aliphatic hydroxyl groups is 1. The molecule has 4 aliphatic rings. The molecule has 0 saturated heterocycles. The summed E-state index contributed by atoms with van der Waals surface area (Å²) in [5.41, 5.74) is 3.60. The zero-order valence-corrected chi connectivity index (χ0v) is 23.0. The predicted molar refractivity (Wildman–Crippen MR) is 151 cm³/mol. The van der Waals surface area contributed by atoms with Crippen LogP contribution in [-0.2, 0) is 27.2 Å². The van der Waals surface area contributed by atoms with Crippen molar-refractivity contribution in [2.75, 3.05) is 19.7 Å². The van der Waals surface area contributed by atoms with Gasteiger partial charge in [-0.2, -0.15) is 0 Å². The number of rotatable bonds is 1. The number of benzene rings is 3. The summed E-state index contributed by atoms with van der Waals surface area (Å²) in [6, 6.07) is 17.6. The maximum Gasteiger partial charge on any atom is 0.290 e. The molecule has 8 bridgehead atoms. The Balaban J connectivity index is 0.00000113. The quantitative estimate of drug-likeness (QED) is 0.374. The Bertz CT molecular complexity index is 1460. The molecule has 1 unspecified atom stereocenters. The summed E-state index contributed by atoms with van der Waals surface area (Å²) in [7, 11) is 0. The molecule has 1 fully saturated rings. The minimum Gasteiger partial charge on any atom is -0.494 e. The number of hydrogen-bond donors (Lipinski definition) is 3. The third-order valence-corrected chi connectivity index (χ3v) is 7.76. The Morgan fingerprint density at radius 2 is 1.88 bits per heavy atom. The zero-order valence-electron chi connectivity index (χ0n) is 23.0. The van der Waals surface area contributed by atoms with Gasteiger partial charge in [-0.3, -0.25) is 14.4 Å². The van der Waals surface area contributed by atoms with E-state index in [2.05, 4.69) is 5.32 Å². The Morgan fingerprint density at radius 3 is 2.67 bits per heavy atom. The van der Waals surface area contributed by atoms with Crippen molar-refractivity contribution in [3.05, 3.63) is 88.7 Å². The number of nitrogens with zero attached hydrogens (tertiary/aromatic N) is 1. The average molecular weight is 577 g/mol. The van der Waals surface area contributed by atoms with E-state index in [1.54, 1.807) is 18.2 Å². The highest BCUT2D eigenvalue weighted by molar-refractivity contribution is 5.81. The molecule has 10 heteroatoms. The molecule has 3 heterocycles. The molecule has 220 valence electrons. The number of carboxylic acid groups (broad SMARTS) is 1. The number of carbonyl (C=O) groups excluding carboxylic acids is 2. The fraction of sp³-hybridized carbons (Fsp3) is 0.344. The topological polar surface area (TPSA) is 125 Å². The van der Waals surface area contributed by atoms with Gasteiger partial charge in [-0.15, -0.1) is 0 Å². The summed E-state index contributed by atoms with van der Waals surface area (Å²) in [4.78, 5) is 36.2. The molecule has 9 nitrogen and oxygen atoms in total. The van der Waals surface area contributed by atoms with Crippen LogP contribution in [0.15, 0.2) is 60.7 Å². The molecule has 0 spiro atoms. The summed E-state index contributed by atoms with van der Waals surface area (Å²) in [5.74, 6) is 0.464. The van der Waals surface area contributed by atoms with Crippen LogP contribution in [0.25, 0.3) is 0 Å². The number of hydrogen-bond acceptors (Lipinski definition) is 6. The van der Waals surface area contributed by atoms with E-state index < -0.39 is 11.9 Å². The lowest BCUT2D eigenvalue weighted by atomic mass is 9.79. The lowest BCUT2D eigenvalue weighted by Gasteiger charge is -2.42. The number of halogens is 1. The first-order chi connectivity index (χ1) is 20.4. The zero-order chi connectivity index (χ0) is 29.6. The fourth-order valence-electron chi connectivity index (χ4n) is 5.66. The molecule has 3 N–H and O–H groups in total. The van der Waals surface area contributed by atoms with E-state index in [4.69, 9.17) is 19.4 Å². The van der Waals surface area contributed by atoms with Gasteiger partial charge in [0.05, 0.1) is 25.2 Å². The van der Waals surface area contributed by atoms with Crippen LogP contribution in [0.5, 0.6) is 17.2 Å². The number of amides is 2. The highest BCUT2D eigenvalue weighted by Gasteiger charge is 2.40. The second kappa shape index (κ2) is 13.0. The third-order valence-electron chi connectivity index (χ3n) is 7.76. The first kappa shape index (κ1) is 29.1. The smallest absolute Gasteiger partial charge is 0.290 e. The monoisotopic (exact) mass is 576 g/mol. The molecule has 1 aliphatic carbocycles. The largest absolute Gasteiger partial charge is 0.494 e. The SMILES string of the molecule is O=C1Cc2ccc(F)c(c2)Oc2ccc3c(c2)CCN(C(=O)C2CC(O)C2)C3c2cccc(c2)OCCCN1.O=CO. The first-order valence-corrected chi connectivity index (χ1v) is 14.0. The molecule has 2 amide bonds. The third kappa shape index (κ3) is 6.54. The van der Waals surface area contributed by atoms with E-state index in [1.165, 1.54) is 6.07 Å². The highest BCUT2D eigenvalue weighted by atomic mass is 19.1. The maximum absolute atomic E-state index is 14.7. The normalized spacial score (nSPS) is 21.4. The van der Waals surface area contributed by atoms with E-state index in [9.17, 15) is 19.1 Å². The highest BCUT2D eigenvalue weighted by Crippen LogP contribution is 2.41. The van der Waals surface area contributed by atoms with E-state index >= 15 is 0 Å².